The second kappa shape index (κ2) is 49.6. The summed E-state index contributed by atoms with van der Waals surface area (Å²) in [5.41, 5.74) is 0. The Bertz CT molecular complexity index is 1460. The quantitative estimate of drug-likeness (QED) is 0.0228. The van der Waals surface area contributed by atoms with Crippen LogP contribution in [0, 0.1) is 0 Å². The maximum absolute atomic E-state index is 13.1. The Morgan fingerprint density at radius 3 is 1.29 bits per heavy atom. The van der Waals surface area contributed by atoms with E-state index in [1.165, 1.54) is 83.5 Å². The highest BCUT2D eigenvalue weighted by molar-refractivity contribution is 5.74. The third kappa shape index (κ3) is 39.7. The van der Waals surface area contributed by atoms with E-state index in [1.54, 1.807) is 0 Å². The molecule has 0 amide bonds. The summed E-state index contributed by atoms with van der Waals surface area (Å²) in [4.78, 5) is 51.1. The molecule has 12 nitrogen and oxygen atoms in total. The van der Waals surface area contributed by atoms with Crippen LogP contribution in [0.25, 0.3) is 0 Å². The van der Waals surface area contributed by atoms with Gasteiger partial charge in [-0.1, -0.05) is 191 Å². The van der Waals surface area contributed by atoms with Crippen molar-refractivity contribution < 1.29 is 58.2 Å². The first kappa shape index (κ1) is 67.7. The molecule has 1 rings (SSSR count). The molecule has 0 spiro atoms. The Morgan fingerprint density at radius 2 is 0.822 bits per heavy atom. The van der Waals surface area contributed by atoms with Gasteiger partial charge in [-0.3, -0.25) is 14.4 Å². The van der Waals surface area contributed by atoms with E-state index in [0.29, 0.717) is 19.3 Å². The van der Waals surface area contributed by atoms with Gasteiger partial charge in [0, 0.05) is 19.3 Å². The summed E-state index contributed by atoms with van der Waals surface area (Å²) in [6.45, 7) is 5.93. The summed E-state index contributed by atoms with van der Waals surface area (Å²) in [5, 5.41) is 31.5. The molecule has 0 aromatic heterocycles. The van der Waals surface area contributed by atoms with Crippen molar-refractivity contribution in [3.05, 3.63) is 48.6 Å². The lowest BCUT2D eigenvalue weighted by Crippen LogP contribution is -2.61. The number of carboxylic acids is 1. The van der Waals surface area contributed by atoms with Crippen LogP contribution in [0.5, 0.6) is 0 Å². The van der Waals surface area contributed by atoms with E-state index >= 15 is 0 Å². The summed E-state index contributed by atoms with van der Waals surface area (Å²) in [7, 11) is 0. The fourth-order valence-electron chi connectivity index (χ4n) is 8.74. The molecule has 422 valence electrons. The van der Waals surface area contributed by atoms with Crippen LogP contribution in [-0.2, 0) is 42.9 Å². The highest BCUT2D eigenvalue weighted by Gasteiger charge is 2.50. The first-order valence-corrected chi connectivity index (χ1v) is 29.6. The van der Waals surface area contributed by atoms with Gasteiger partial charge in [-0.25, -0.2) is 4.79 Å². The van der Waals surface area contributed by atoms with Gasteiger partial charge < -0.3 is 39.0 Å². The van der Waals surface area contributed by atoms with Crippen molar-refractivity contribution >= 4 is 23.9 Å². The minimum absolute atomic E-state index is 0.0493. The van der Waals surface area contributed by atoms with Crippen molar-refractivity contribution in [3.8, 4) is 0 Å². The van der Waals surface area contributed by atoms with Crippen molar-refractivity contribution in [2.45, 2.75) is 302 Å². The van der Waals surface area contributed by atoms with Crippen LogP contribution < -0.4 is 0 Å². The number of allylic oxidation sites excluding steroid dienone is 8. The number of hydrogen-bond donors (Lipinski definition) is 3. The molecule has 12 heteroatoms. The third-order valence-electron chi connectivity index (χ3n) is 13.3. The maximum Gasteiger partial charge on any atom is 0.335 e. The Kier molecular flexibility index (Phi) is 45.9. The largest absolute Gasteiger partial charge is 0.479 e. The number of unbranched alkanes of at least 4 members (excludes halogenated alkanes) is 28. The van der Waals surface area contributed by atoms with Crippen LogP contribution >= 0.6 is 0 Å². The number of aliphatic hydroxyl groups is 2. The number of carbonyl (C=O) groups is 4. The Hall–Kier alpha value is -3.32. The number of aliphatic hydroxyl groups excluding tert-OH is 2. The average molecular weight is 1030 g/mol. The third-order valence-corrected chi connectivity index (χ3v) is 13.3. The van der Waals surface area contributed by atoms with E-state index in [9.17, 15) is 34.5 Å². The number of esters is 3. The van der Waals surface area contributed by atoms with Crippen LogP contribution in [0.15, 0.2) is 48.6 Å². The van der Waals surface area contributed by atoms with E-state index in [2.05, 4.69) is 69.4 Å². The van der Waals surface area contributed by atoms with Crippen molar-refractivity contribution in [1.82, 2.24) is 0 Å². The summed E-state index contributed by atoms with van der Waals surface area (Å²) in [5.74, 6) is -3.15. The van der Waals surface area contributed by atoms with Gasteiger partial charge in [0.05, 0.1) is 6.61 Å². The van der Waals surface area contributed by atoms with Crippen LogP contribution in [0.3, 0.4) is 0 Å². The molecule has 6 atom stereocenters. The number of carboxylic acid groups (broad SMARTS) is 1. The zero-order valence-corrected chi connectivity index (χ0v) is 46.4. The Morgan fingerprint density at radius 1 is 0.452 bits per heavy atom. The van der Waals surface area contributed by atoms with Crippen molar-refractivity contribution in [3.63, 3.8) is 0 Å². The molecule has 1 saturated heterocycles. The van der Waals surface area contributed by atoms with E-state index in [1.807, 2.05) is 0 Å². The van der Waals surface area contributed by atoms with Crippen LogP contribution in [0.4, 0.5) is 0 Å². The minimum Gasteiger partial charge on any atom is -0.479 e. The zero-order chi connectivity index (χ0) is 53.3. The topological polar surface area (TPSA) is 175 Å². The molecule has 73 heavy (non-hydrogen) atoms. The Balaban J connectivity index is 2.71. The molecule has 0 bridgehead atoms. The number of rotatable bonds is 50. The van der Waals surface area contributed by atoms with Gasteiger partial charge >= 0.3 is 23.9 Å². The number of hydrogen-bond acceptors (Lipinski definition) is 11. The molecule has 1 heterocycles. The fourth-order valence-corrected chi connectivity index (χ4v) is 8.74. The summed E-state index contributed by atoms with van der Waals surface area (Å²) in [6, 6.07) is 0. The summed E-state index contributed by atoms with van der Waals surface area (Å²) < 4.78 is 28.4. The lowest BCUT2D eigenvalue weighted by atomic mass is 9.98. The van der Waals surface area contributed by atoms with E-state index < -0.39 is 67.3 Å². The minimum atomic E-state index is -1.91. The van der Waals surface area contributed by atoms with Gasteiger partial charge in [-0.15, -0.1) is 0 Å². The number of ether oxygens (including phenoxy) is 5. The average Bonchev–Trinajstić information content (AvgIpc) is 3.37. The molecular weight excluding hydrogens is 925 g/mol. The highest BCUT2D eigenvalue weighted by Crippen LogP contribution is 2.26. The van der Waals surface area contributed by atoms with Crippen LogP contribution in [0.1, 0.15) is 265 Å². The SMILES string of the molecule is CCCCC/C=C\C/C=C\CCCCCCCC(=O)OCC(COC1OC(C(=O)O)C(O)C(O)C1OC(=O)CCCCCCC/C=C\CCCCCCCC)OC(=O)CCCCCCC/C=C\CCCCCC. The van der Waals surface area contributed by atoms with Gasteiger partial charge in [0.25, 0.3) is 0 Å². The molecule has 0 aromatic rings. The second-order valence-electron chi connectivity index (χ2n) is 20.3. The predicted octanol–water partition coefficient (Wildman–Crippen LogP) is 15.0. The van der Waals surface area contributed by atoms with Crippen LogP contribution in [-0.4, -0.2) is 89.2 Å². The van der Waals surface area contributed by atoms with E-state index in [4.69, 9.17) is 23.7 Å². The first-order chi connectivity index (χ1) is 35.6. The molecule has 0 aliphatic carbocycles. The van der Waals surface area contributed by atoms with E-state index in [0.717, 1.165) is 122 Å². The molecule has 1 aliphatic heterocycles. The molecular formula is C61H106O12. The van der Waals surface area contributed by atoms with Gasteiger partial charge in [-0.05, 0) is 103 Å². The standard InChI is InChI=1S/C61H106O12/c1-4-7-10-13-16-19-22-25-27-30-32-35-38-41-44-47-53(62)69-50-52(71-54(63)48-45-42-39-36-33-29-24-21-18-15-12-9-6-3)51-70-61-59(57(66)56(65)58(73-61)60(67)68)72-55(64)49-46-43-40-37-34-31-28-26-23-20-17-14-11-8-5-2/h16,19,21,24-28,52,56-59,61,65-66H,4-15,17-18,20,22-23,29-51H2,1-3H3,(H,67,68)/b19-16-,24-21-,27-25-,28-26-. The smallest absolute Gasteiger partial charge is 0.335 e. The molecule has 0 radical (unpaired) electrons. The predicted molar refractivity (Wildman–Crippen MR) is 294 cm³/mol. The second-order valence-corrected chi connectivity index (χ2v) is 20.3. The lowest BCUT2D eigenvalue weighted by molar-refractivity contribution is -0.301. The van der Waals surface area contributed by atoms with Crippen molar-refractivity contribution in [2.24, 2.45) is 0 Å². The van der Waals surface area contributed by atoms with Crippen LogP contribution in [0.2, 0.25) is 0 Å². The Labute approximate surface area is 443 Å². The van der Waals surface area contributed by atoms with Gasteiger partial charge in [0.15, 0.2) is 24.6 Å². The van der Waals surface area contributed by atoms with Gasteiger partial charge in [0.2, 0.25) is 0 Å². The molecule has 3 N–H and O–H groups in total. The number of carbonyl (C=O) groups excluding carboxylic acids is 3. The maximum atomic E-state index is 13.1. The monoisotopic (exact) mass is 1030 g/mol. The summed E-state index contributed by atoms with van der Waals surface area (Å²) in [6.07, 6.45) is 46.5. The molecule has 1 aliphatic rings. The molecule has 0 saturated carbocycles. The number of aliphatic carboxylic acids is 1. The highest BCUT2D eigenvalue weighted by atomic mass is 16.7. The lowest BCUT2D eigenvalue weighted by Gasteiger charge is -2.40. The summed E-state index contributed by atoms with van der Waals surface area (Å²) >= 11 is 0. The normalized spacial score (nSPS) is 18.6. The van der Waals surface area contributed by atoms with Gasteiger partial charge in [-0.2, -0.15) is 0 Å². The van der Waals surface area contributed by atoms with Crippen molar-refractivity contribution in [2.75, 3.05) is 13.2 Å². The van der Waals surface area contributed by atoms with Crippen molar-refractivity contribution in [1.29, 1.82) is 0 Å². The zero-order valence-electron chi connectivity index (χ0n) is 46.4. The molecule has 0 aromatic carbocycles. The van der Waals surface area contributed by atoms with Gasteiger partial charge in [0.1, 0.15) is 18.8 Å². The first-order valence-electron chi connectivity index (χ1n) is 29.6. The fraction of sp³-hybridized carbons (Fsp3) is 0.803. The molecule has 6 unspecified atom stereocenters. The molecule has 1 fully saturated rings. The van der Waals surface area contributed by atoms with E-state index in [-0.39, 0.29) is 25.9 Å².